The first-order chi connectivity index (χ1) is 17.7. The summed E-state index contributed by atoms with van der Waals surface area (Å²) in [7, 11) is 1.62. The van der Waals surface area contributed by atoms with Gasteiger partial charge in [0.15, 0.2) is 0 Å². The lowest BCUT2D eigenvalue weighted by Crippen LogP contribution is -2.62. The number of carbonyl (C=O) groups is 2. The Labute approximate surface area is 214 Å². The van der Waals surface area contributed by atoms with Crippen LogP contribution in [0.2, 0.25) is 0 Å². The summed E-state index contributed by atoms with van der Waals surface area (Å²) < 4.78 is 46.1. The van der Waals surface area contributed by atoms with Crippen LogP contribution < -0.4 is 14.5 Å². The van der Waals surface area contributed by atoms with Crippen LogP contribution in [-0.4, -0.2) is 80.6 Å². The number of halogens is 3. The molecule has 3 aliphatic rings. The SMILES string of the molecule is COc1ccccc1N1CCN2c3ccc(C(F)(F)F)cc3C[C@@H](C(=O)N3CCN(C(C)=O)CC3)[C@@H]2C1. The van der Waals surface area contributed by atoms with Gasteiger partial charge < -0.3 is 24.3 Å². The van der Waals surface area contributed by atoms with E-state index in [0.29, 0.717) is 51.4 Å². The Kier molecular flexibility index (Phi) is 6.68. The van der Waals surface area contributed by atoms with Gasteiger partial charge in [-0.25, -0.2) is 0 Å². The molecule has 0 radical (unpaired) electrons. The lowest BCUT2D eigenvalue weighted by atomic mass is 9.82. The zero-order valence-corrected chi connectivity index (χ0v) is 21.0. The topological polar surface area (TPSA) is 56.3 Å². The van der Waals surface area contributed by atoms with Gasteiger partial charge in [-0.2, -0.15) is 13.2 Å². The highest BCUT2D eigenvalue weighted by molar-refractivity contribution is 5.83. The van der Waals surface area contributed by atoms with Gasteiger partial charge in [0.2, 0.25) is 11.8 Å². The van der Waals surface area contributed by atoms with Crippen LogP contribution in [0.3, 0.4) is 0 Å². The van der Waals surface area contributed by atoms with Crippen LogP contribution in [0.25, 0.3) is 0 Å². The molecule has 0 bridgehead atoms. The highest BCUT2D eigenvalue weighted by Crippen LogP contribution is 2.41. The minimum absolute atomic E-state index is 0.0238. The summed E-state index contributed by atoms with van der Waals surface area (Å²) in [6.07, 6.45) is -4.21. The van der Waals surface area contributed by atoms with Gasteiger partial charge in [0, 0.05) is 58.4 Å². The summed E-state index contributed by atoms with van der Waals surface area (Å²) in [5.74, 6) is 0.148. The molecular formula is C27H31F3N4O3. The number of benzene rings is 2. The van der Waals surface area contributed by atoms with E-state index in [1.165, 1.54) is 13.0 Å². The molecule has 0 N–H and O–H groups in total. The summed E-state index contributed by atoms with van der Waals surface area (Å²) >= 11 is 0. The van der Waals surface area contributed by atoms with Gasteiger partial charge in [-0.1, -0.05) is 12.1 Å². The molecule has 0 spiro atoms. The van der Waals surface area contributed by atoms with Crippen molar-refractivity contribution in [2.75, 3.05) is 62.7 Å². The first-order valence-electron chi connectivity index (χ1n) is 12.6. The molecule has 5 rings (SSSR count). The van der Waals surface area contributed by atoms with Gasteiger partial charge in [-0.05, 0) is 42.3 Å². The van der Waals surface area contributed by atoms with Crippen molar-refractivity contribution in [3.8, 4) is 5.75 Å². The summed E-state index contributed by atoms with van der Waals surface area (Å²) in [5.41, 5.74) is 1.56. The molecule has 3 aliphatic heterocycles. The first-order valence-corrected chi connectivity index (χ1v) is 12.6. The quantitative estimate of drug-likeness (QED) is 0.627. The molecule has 2 amide bonds. The Morgan fingerprint density at radius 2 is 1.62 bits per heavy atom. The molecule has 198 valence electrons. The molecule has 2 aromatic rings. The Morgan fingerprint density at radius 1 is 0.919 bits per heavy atom. The van der Waals surface area contributed by atoms with Crippen molar-refractivity contribution in [3.05, 3.63) is 53.6 Å². The maximum Gasteiger partial charge on any atom is 0.416 e. The van der Waals surface area contributed by atoms with Crippen LogP contribution in [0, 0.1) is 5.92 Å². The lowest BCUT2D eigenvalue weighted by Gasteiger charge is -2.51. The predicted octanol–water partition coefficient (Wildman–Crippen LogP) is 3.27. The van der Waals surface area contributed by atoms with Crippen molar-refractivity contribution < 1.29 is 27.5 Å². The van der Waals surface area contributed by atoms with Crippen molar-refractivity contribution >= 4 is 23.2 Å². The van der Waals surface area contributed by atoms with Gasteiger partial charge >= 0.3 is 6.18 Å². The van der Waals surface area contributed by atoms with Crippen LogP contribution in [0.15, 0.2) is 42.5 Å². The van der Waals surface area contributed by atoms with E-state index in [9.17, 15) is 22.8 Å². The molecule has 2 atom stereocenters. The van der Waals surface area contributed by atoms with Gasteiger partial charge in [-0.15, -0.1) is 0 Å². The van der Waals surface area contributed by atoms with Crippen molar-refractivity contribution in [3.63, 3.8) is 0 Å². The molecule has 2 aromatic carbocycles. The number of nitrogens with zero attached hydrogens (tertiary/aromatic N) is 4. The van der Waals surface area contributed by atoms with Crippen LogP contribution >= 0.6 is 0 Å². The number of piperazine rings is 2. The van der Waals surface area contributed by atoms with Crippen molar-refractivity contribution in [2.24, 2.45) is 5.92 Å². The predicted molar refractivity (Wildman–Crippen MR) is 134 cm³/mol. The molecule has 2 saturated heterocycles. The zero-order valence-electron chi connectivity index (χ0n) is 21.0. The normalized spacial score (nSPS) is 21.9. The van der Waals surface area contributed by atoms with E-state index < -0.39 is 17.7 Å². The van der Waals surface area contributed by atoms with E-state index in [2.05, 4.69) is 9.80 Å². The Bertz CT molecular complexity index is 1180. The van der Waals surface area contributed by atoms with E-state index in [4.69, 9.17) is 4.74 Å². The Morgan fingerprint density at radius 3 is 2.30 bits per heavy atom. The number of hydrogen-bond donors (Lipinski definition) is 0. The molecule has 10 heteroatoms. The monoisotopic (exact) mass is 516 g/mol. The summed E-state index contributed by atoms with van der Waals surface area (Å²) in [6.45, 7) is 5.05. The Balaban J connectivity index is 1.47. The number of hydrogen-bond acceptors (Lipinski definition) is 5. The maximum atomic E-state index is 13.9. The van der Waals surface area contributed by atoms with Gasteiger partial charge in [0.25, 0.3) is 0 Å². The number of carbonyl (C=O) groups excluding carboxylic acids is 2. The molecule has 3 heterocycles. The molecule has 0 unspecified atom stereocenters. The first kappa shape index (κ1) is 25.2. The number of amides is 2. The van der Waals surface area contributed by atoms with Crippen molar-refractivity contribution in [2.45, 2.75) is 25.6 Å². The fraction of sp³-hybridized carbons (Fsp3) is 0.481. The van der Waals surface area contributed by atoms with Crippen molar-refractivity contribution in [1.82, 2.24) is 9.80 Å². The van der Waals surface area contributed by atoms with E-state index in [1.807, 2.05) is 24.3 Å². The third-order valence-electron chi connectivity index (χ3n) is 7.82. The average molecular weight is 517 g/mol. The largest absolute Gasteiger partial charge is 0.495 e. The van der Waals surface area contributed by atoms with Crippen LogP contribution in [-0.2, 0) is 22.2 Å². The fourth-order valence-electron chi connectivity index (χ4n) is 5.87. The van der Waals surface area contributed by atoms with Gasteiger partial charge in [0.05, 0.1) is 30.3 Å². The van der Waals surface area contributed by atoms with Gasteiger partial charge in [-0.3, -0.25) is 9.59 Å². The number of para-hydroxylation sites is 2. The Hall–Kier alpha value is -3.43. The van der Waals surface area contributed by atoms with E-state index in [-0.39, 0.29) is 24.3 Å². The standard InChI is InChI=1S/C27H31F3N4O3/c1-18(35)31-9-11-32(12-10-31)26(36)21-16-19-15-20(27(28,29)30)7-8-22(19)34-14-13-33(17-24(21)34)23-5-3-4-6-25(23)37-2/h3-8,15,21,24H,9-14,16-17H2,1-2H3/t21-,24+/m1/s1. The second kappa shape index (κ2) is 9.79. The van der Waals surface area contributed by atoms with Crippen LogP contribution in [0.4, 0.5) is 24.5 Å². The summed E-state index contributed by atoms with van der Waals surface area (Å²) in [4.78, 5) is 33.4. The zero-order chi connectivity index (χ0) is 26.3. The van der Waals surface area contributed by atoms with Crippen LogP contribution in [0.1, 0.15) is 18.1 Å². The molecule has 0 aliphatic carbocycles. The van der Waals surface area contributed by atoms with E-state index >= 15 is 0 Å². The smallest absolute Gasteiger partial charge is 0.416 e. The maximum absolute atomic E-state index is 13.9. The lowest BCUT2D eigenvalue weighted by molar-refractivity contribution is -0.142. The highest BCUT2D eigenvalue weighted by atomic mass is 19.4. The molecule has 37 heavy (non-hydrogen) atoms. The van der Waals surface area contributed by atoms with Crippen LogP contribution in [0.5, 0.6) is 5.75 Å². The van der Waals surface area contributed by atoms with Gasteiger partial charge in [0.1, 0.15) is 5.75 Å². The number of rotatable bonds is 3. The van der Waals surface area contributed by atoms with E-state index in [1.54, 1.807) is 23.0 Å². The average Bonchev–Trinajstić information content (AvgIpc) is 2.91. The third kappa shape index (κ3) is 4.81. The molecule has 7 nitrogen and oxygen atoms in total. The number of ether oxygens (including phenoxy) is 1. The number of anilines is 2. The summed E-state index contributed by atoms with van der Waals surface area (Å²) in [5, 5.41) is 0. The second-order valence-electron chi connectivity index (χ2n) is 9.86. The number of alkyl halides is 3. The molecular weight excluding hydrogens is 485 g/mol. The molecule has 0 saturated carbocycles. The summed E-state index contributed by atoms with van der Waals surface area (Å²) in [6, 6.07) is 11.4. The number of fused-ring (bicyclic) bond motifs is 3. The third-order valence-corrected chi connectivity index (χ3v) is 7.82. The minimum Gasteiger partial charge on any atom is -0.495 e. The second-order valence-corrected chi connectivity index (χ2v) is 9.86. The van der Waals surface area contributed by atoms with Crippen molar-refractivity contribution in [1.29, 1.82) is 0 Å². The van der Waals surface area contributed by atoms with E-state index in [0.717, 1.165) is 23.2 Å². The highest BCUT2D eigenvalue weighted by Gasteiger charge is 2.44. The number of methoxy groups -OCH3 is 1. The molecule has 2 fully saturated rings. The fourth-order valence-corrected chi connectivity index (χ4v) is 5.87. The minimum atomic E-state index is -4.45. The molecule has 0 aromatic heterocycles.